The summed E-state index contributed by atoms with van der Waals surface area (Å²) in [6.07, 6.45) is -1.15. The predicted octanol–water partition coefficient (Wildman–Crippen LogP) is 0.126. The number of hydrazine groups is 1. The van der Waals surface area contributed by atoms with Gasteiger partial charge >= 0.3 is 12.1 Å². The minimum absolute atomic E-state index is 0.0943. The molecule has 0 aromatic heterocycles. The lowest BCUT2D eigenvalue weighted by molar-refractivity contribution is -0.163. The number of nitrogens with zero attached hydrogens (tertiary/aromatic N) is 1. The van der Waals surface area contributed by atoms with Crippen LogP contribution < -0.4 is 10.9 Å². The Kier molecular flexibility index (Phi) is 7.23. The number of para-hydroxylation sites is 1. The van der Waals surface area contributed by atoms with Gasteiger partial charge in [-0.25, -0.2) is 19.2 Å². The summed E-state index contributed by atoms with van der Waals surface area (Å²) in [5.41, 5.74) is 4.23. The Morgan fingerprint density at radius 1 is 1.35 bits per heavy atom. The molecule has 0 radical (unpaired) electrons. The van der Waals surface area contributed by atoms with Gasteiger partial charge in [0.1, 0.15) is 17.1 Å². The second kappa shape index (κ2) is 9.31. The van der Waals surface area contributed by atoms with Crippen LogP contribution in [0.3, 0.4) is 0 Å². The Bertz CT molecular complexity index is 938. The summed E-state index contributed by atoms with van der Waals surface area (Å²) in [4.78, 5) is 48.6. The van der Waals surface area contributed by atoms with E-state index in [0.29, 0.717) is 5.56 Å². The van der Waals surface area contributed by atoms with Crippen LogP contribution in [0.1, 0.15) is 36.2 Å². The van der Waals surface area contributed by atoms with E-state index in [1.54, 1.807) is 19.9 Å². The maximum atomic E-state index is 12.1. The van der Waals surface area contributed by atoms with Crippen molar-refractivity contribution in [3.05, 3.63) is 29.3 Å². The number of aryl methyl sites for hydroxylation is 1. The van der Waals surface area contributed by atoms with Crippen molar-refractivity contribution in [1.29, 1.82) is 0 Å². The van der Waals surface area contributed by atoms with Crippen LogP contribution >= 0.6 is 0 Å². The number of carboxylic acid groups (broad SMARTS) is 1. The van der Waals surface area contributed by atoms with Crippen molar-refractivity contribution < 1.29 is 42.9 Å². The van der Waals surface area contributed by atoms with Crippen molar-refractivity contribution in [2.45, 2.75) is 44.0 Å². The summed E-state index contributed by atoms with van der Waals surface area (Å²) in [5.74, 6) is -3.17. The van der Waals surface area contributed by atoms with Crippen molar-refractivity contribution in [1.82, 2.24) is 15.8 Å². The van der Waals surface area contributed by atoms with Gasteiger partial charge in [0.15, 0.2) is 17.1 Å². The van der Waals surface area contributed by atoms with E-state index < -0.39 is 58.4 Å². The quantitative estimate of drug-likeness (QED) is 0.216. The Morgan fingerprint density at radius 2 is 2.00 bits per heavy atom. The molecule has 0 spiro atoms. The van der Waals surface area contributed by atoms with Gasteiger partial charge in [-0.3, -0.25) is 15.0 Å². The number of aliphatic carboxylic acids is 1. The van der Waals surface area contributed by atoms with Gasteiger partial charge in [-0.05, 0) is 32.4 Å². The highest BCUT2D eigenvalue weighted by Crippen LogP contribution is 2.31. The molecule has 12 nitrogen and oxygen atoms in total. The minimum Gasteiger partial charge on any atom is -0.507 e. The second-order valence-corrected chi connectivity index (χ2v) is 8.71. The Hall–Kier alpha value is -3.19. The highest BCUT2D eigenvalue weighted by atomic mass is 32.2. The first-order valence-electron chi connectivity index (χ1n) is 9.06. The molecule has 31 heavy (non-hydrogen) atoms. The molecule has 13 heteroatoms. The number of hydrogen-bond donors (Lipinski definition) is 5. The van der Waals surface area contributed by atoms with Crippen LogP contribution in [0.2, 0.25) is 0 Å². The summed E-state index contributed by atoms with van der Waals surface area (Å²) in [5, 5.41) is 19.5. The van der Waals surface area contributed by atoms with Crippen LogP contribution in [0, 0.1) is 6.92 Å². The van der Waals surface area contributed by atoms with Crippen LogP contribution in [-0.4, -0.2) is 71.2 Å². The summed E-state index contributed by atoms with van der Waals surface area (Å²) < 4.78 is 24.5. The molecule has 4 atom stereocenters. The molecule has 1 aliphatic heterocycles. The van der Waals surface area contributed by atoms with Gasteiger partial charge in [0.05, 0.1) is 5.56 Å². The number of rotatable bonds is 7. The number of hydrogen-bond acceptors (Lipinski definition) is 7. The lowest BCUT2D eigenvalue weighted by Crippen LogP contribution is -2.68. The lowest BCUT2D eigenvalue weighted by Gasteiger charge is -2.47. The number of aromatic hydroxyl groups is 1. The zero-order chi connectivity index (χ0) is 23.5. The van der Waals surface area contributed by atoms with Crippen molar-refractivity contribution in [2.24, 2.45) is 0 Å². The molecule has 5 N–H and O–H groups in total. The van der Waals surface area contributed by atoms with Gasteiger partial charge in [0.2, 0.25) is 5.91 Å². The summed E-state index contributed by atoms with van der Waals surface area (Å²) in [7, 11) is 0. The monoisotopic (exact) mass is 457 g/mol. The number of amides is 3. The van der Waals surface area contributed by atoms with E-state index in [4.69, 9.17) is 4.74 Å². The van der Waals surface area contributed by atoms with Crippen LogP contribution in [0.15, 0.2) is 18.2 Å². The van der Waals surface area contributed by atoms with Crippen molar-refractivity contribution in [2.75, 3.05) is 6.61 Å². The summed E-state index contributed by atoms with van der Waals surface area (Å²) in [6.45, 7) is 3.41. The molecule has 1 unspecified atom stereocenters. The molecular weight excluding hydrogens is 434 g/mol. The smallest absolute Gasteiger partial charge is 0.426 e. The molecule has 1 heterocycles. The molecule has 0 aliphatic carbocycles. The first-order valence-corrected chi connectivity index (χ1v) is 10.2. The number of nitrogens with one attached hydrogen (secondary N) is 2. The molecule has 0 saturated carbocycles. The zero-order valence-corrected chi connectivity index (χ0v) is 17.8. The highest BCUT2D eigenvalue weighted by molar-refractivity contribution is 7.80. The van der Waals surface area contributed by atoms with Crippen LogP contribution in [0.4, 0.5) is 4.79 Å². The molecule has 0 bridgehead atoms. The number of β-lactam (4-membered cyclic amide) rings is 1. The Labute approximate surface area is 179 Å². The van der Waals surface area contributed by atoms with Gasteiger partial charge in [-0.15, -0.1) is 0 Å². The fourth-order valence-corrected chi connectivity index (χ4v) is 3.71. The van der Waals surface area contributed by atoms with Gasteiger partial charge in [0.25, 0.3) is 5.91 Å². The van der Waals surface area contributed by atoms with Crippen LogP contribution in [-0.2, 0) is 25.4 Å². The largest absolute Gasteiger partial charge is 0.507 e. The molecule has 1 fully saturated rings. The number of ether oxygens (including phenoxy) is 1. The van der Waals surface area contributed by atoms with Crippen molar-refractivity contribution >= 4 is 35.0 Å². The SMILES string of the molecule is Cc1cccc(C(=O)NNC(=O)OC[C@@](C)([C@H](C(=O)O)N2C(=O)C[C@H]2C)S(=O)O)c1O. The maximum absolute atomic E-state index is 12.1. The van der Waals surface area contributed by atoms with E-state index in [-0.39, 0.29) is 17.7 Å². The zero-order valence-electron chi connectivity index (χ0n) is 16.9. The molecule has 1 aromatic rings. The lowest BCUT2D eigenvalue weighted by atomic mass is 9.92. The van der Waals surface area contributed by atoms with E-state index in [1.807, 2.05) is 10.9 Å². The standard InChI is InChI=1S/C18H23N3O9S/c1-9-5-4-6-11(13(9)23)15(24)19-20-17(27)30-8-18(3,31(28)29)14(16(25)26)21-10(2)7-12(21)22/h4-6,10,14,23H,7-8H2,1-3H3,(H,19,24)(H,20,27)(H,25,26)(H,28,29)/t10-,14+,18+/m1/s1. The minimum atomic E-state index is -2.80. The highest BCUT2D eigenvalue weighted by Gasteiger charge is 2.54. The molecule has 1 saturated heterocycles. The number of carbonyl (C=O) groups excluding carboxylic acids is 3. The molecule has 2 rings (SSSR count). The topological polar surface area (TPSA) is 183 Å². The number of likely N-dealkylation sites (tertiary alicyclic amines) is 1. The fourth-order valence-electron chi connectivity index (χ4n) is 3.15. The van der Waals surface area contributed by atoms with Gasteiger partial charge in [-0.2, -0.15) is 0 Å². The van der Waals surface area contributed by atoms with E-state index in [1.165, 1.54) is 12.1 Å². The van der Waals surface area contributed by atoms with Gasteiger partial charge in [-0.1, -0.05) is 12.1 Å². The Morgan fingerprint density at radius 3 is 2.52 bits per heavy atom. The first-order chi connectivity index (χ1) is 14.4. The number of phenolic OH excluding ortho intramolecular Hbond substituents is 1. The predicted molar refractivity (Wildman–Crippen MR) is 106 cm³/mol. The third-order valence-corrected chi connectivity index (χ3v) is 6.11. The summed E-state index contributed by atoms with van der Waals surface area (Å²) >= 11 is -2.80. The van der Waals surface area contributed by atoms with Crippen LogP contribution in [0.25, 0.3) is 0 Å². The number of carbonyl (C=O) groups is 4. The van der Waals surface area contributed by atoms with Crippen LogP contribution in [0.5, 0.6) is 5.75 Å². The van der Waals surface area contributed by atoms with E-state index in [2.05, 4.69) is 0 Å². The van der Waals surface area contributed by atoms with E-state index in [0.717, 1.165) is 11.8 Å². The number of carboxylic acids is 1. The first kappa shape index (κ1) is 24.1. The number of benzene rings is 1. The van der Waals surface area contributed by atoms with Crippen molar-refractivity contribution in [3.63, 3.8) is 0 Å². The number of phenols is 1. The maximum Gasteiger partial charge on any atom is 0.426 e. The molecular formula is C18H23N3O9S. The van der Waals surface area contributed by atoms with Gasteiger partial charge < -0.3 is 24.4 Å². The average Bonchev–Trinajstić information content (AvgIpc) is 2.69. The third kappa shape index (κ3) is 4.94. The van der Waals surface area contributed by atoms with E-state index >= 15 is 0 Å². The fraction of sp³-hybridized carbons (Fsp3) is 0.444. The normalized spacial score (nSPS) is 19.4. The Balaban J connectivity index is 2.05. The van der Waals surface area contributed by atoms with Gasteiger partial charge in [0, 0.05) is 12.5 Å². The molecule has 3 amide bonds. The third-order valence-electron chi connectivity index (χ3n) is 4.97. The molecule has 1 aromatic carbocycles. The summed E-state index contributed by atoms with van der Waals surface area (Å²) in [6, 6.07) is 2.23. The van der Waals surface area contributed by atoms with E-state index in [9.17, 15) is 38.2 Å². The van der Waals surface area contributed by atoms with Crippen molar-refractivity contribution in [3.8, 4) is 5.75 Å². The second-order valence-electron chi connectivity index (χ2n) is 7.28. The average molecular weight is 457 g/mol. The molecule has 1 aliphatic rings. The molecule has 170 valence electrons.